The SMILES string of the molecule is N#Cc1nc(N[C@@H](CO)Cc2c[nH]c3ccccc23)ccc1Cl. The average Bonchev–Trinajstić information content (AvgIpc) is 2.99. The maximum atomic E-state index is 9.65. The van der Waals surface area contributed by atoms with Crippen molar-refractivity contribution in [3.8, 4) is 6.07 Å². The lowest BCUT2D eigenvalue weighted by Gasteiger charge is -2.17. The minimum atomic E-state index is -0.213. The summed E-state index contributed by atoms with van der Waals surface area (Å²) in [5, 5.41) is 23.2. The van der Waals surface area contributed by atoms with E-state index in [1.165, 1.54) is 0 Å². The molecule has 0 radical (unpaired) electrons. The Hall–Kier alpha value is -2.55. The second kappa shape index (κ2) is 6.69. The van der Waals surface area contributed by atoms with E-state index in [9.17, 15) is 5.11 Å². The lowest BCUT2D eigenvalue weighted by molar-refractivity contribution is 0.273. The molecule has 2 heterocycles. The van der Waals surface area contributed by atoms with Gasteiger partial charge in [-0.2, -0.15) is 5.26 Å². The van der Waals surface area contributed by atoms with Crippen molar-refractivity contribution in [3.05, 3.63) is 58.9 Å². The fourth-order valence-corrected chi connectivity index (χ4v) is 2.68. The van der Waals surface area contributed by atoms with E-state index in [1.807, 2.05) is 36.5 Å². The lowest BCUT2D eigenvalue weighted by Crippen LogP contribution is -2.26. The first-order valence-corrected chi connectivity index (χ1v) is 7.58. The number of nitrogens with zero attached hydrogens (tertiary/aromatic N) is 2. The molecule has 0 spiro atoms. The Balaban J connectivity index is 1.79. The number of benzene rings is 1. The Morgan fingerprint density at radius 2 is 2.13 bits per heavy atom. The molecule has 0 aliphatic rings. The highest BCUT2D eigenvalue weighted by molar-refractivity contribution is 6.31. The normalized spacial score (nSPS) is 12.0. The molecule has 1 aromatic carbocycles. The van der Waals surface area contributed by atoms with Crippen LogP contribution >= 0.6 is 11.6 Å². The molecule has 0 amide bonds. The van der Waals surface area contributed by atoms with Gasteiger partial charge in [-0.25, -0.2) is 4.98 Å². The van der Waals surface area contributed by atoms with Gasteiger partial charge in [0.15, 0.2) is 5.69 Å². The number of anilines is 1. The van der Waals surface area contributed by atoms with Gasteiger partial charge < -0.3 is 15.4 Å². The number of para-hydroxylation sites is 1. The van der Waals surface area contributed by atoms with Crippen LogP contribution in [0.25, 0.3) is 10.9 Å². The van der Waals surface area contributed by atoms with E-state index in [0.717, 1.165) is 16.5 Å². The summed E-state index contributed by atoms with van der Waals surface area (Å²) >= 11 is 5.88. The van der Waals surface area contributed by atoms with Crippen molar-refractivity contribution in [1.82, 2.24) is 9.97 Å². The van der Waals surface area contributed by atoms with Gasteiger partial charge in [0.25, 0.3) is 0 Å². The summed E-state index contributed by atoms with van der Waals surface area (Å²) < 4.78 is 0. The number of H-pyrrole nitrogens is 1. The molecule has 0 aliphatic carbocycles. The molecule has 0 saturated carbocycles. The van der Waals surface area contributed by atoms with E-state index < -0.39 is 0 Å². The molecule has 3 N–H and O–H groups in total. The van der Waals surface area contributed by atoms with Gasteiger partial charge >= 0.3 is 0 Å². The number of hydrogen-bond acceptors (Lipinski definition) is 4. The molecule has 3 rings (SSSR count). The van der Waals surface area contributed by atoms with Gasteiger partial charge in [0.1, 0.15) is 11.9 Å². The van der Waals surface area contributed by atoms with E-state index in [0.29, 0.717) is 17.3 Å². The van der Waals surface area contributed by atoms with E-state index in [1.54, 1.807) is 12.1 Å². The number of pyridine rings is 1. The zero-order valence-electron chi connectivity index (χ0n) is 12.3. The number of halogens is 1. The maximum absolute atomic E-state index is 9.65. The fourth-order valence-electron chi connectivity index (χ4n) is 2.54. The largest absolute Gasteiger partial charge is 0.394 e. The van der Waals surface area contributed by atoms with Crippen LogP contribution in [0.5, 0.6) is 0 Å². The highest BCUT2D eigenvalue weighted by Gasteiger charge is 2.13. The van der Waals surface area contributed by atoms with E-state index in [4.69, 9.17) is 16.9 Å². The number of hydrogen-bond donors (Lipinski definition) is 3. The fraction of sp³-hybridized carbons (Fsp3) is 0.176. The van der Waals surface area contributed by atoms with Gasteiger partial charge in [0, 0.05) is 17.1 Å². The summed E-state index contributed by atoms with van der Waals surface area (Å²) in [6, 6.07) is 13.1. The summed E-state index contributed by atoms with van der Waals surface area (Å²) in [5.74, 6) is 0.518. The summed E-state index contributed by atoms with van der Waals surface area (Å²) in [4.78, 5) is 7.37. The first-order valence-electron chi connectivity index (χ1n) is 7.20. The zero-order chi connectivity index (χ0) is 16.2. The molecular weight excluding hydrogens is 312 g/mol. The Bertz CT molecular complexity index is 868. The summed E-state index contributed by atoms with van der Waals surface area (Å²) in [6.07, 6.45) is 2.58. The van der Waals surface area contributed by atoms with Gasteiger partial charge in [-0.15, -0.1) is 0 Å². The van der Waals surface area contributed by atoms with Crippen LogP contribution in [-0.4, -0.2) is 27.7 Å². The number of nitriles is 1. The predicted molar refractivity (Wildman–Crippen MR) is 90.5 cm³/mol. The summed E-state index contributed by atoms with van der Waals surface area (Å²) in [6.45, 7) is -0.0499. The minimum absolute atomic E-state index is 0.0499. The van der Waals surface area contributed by atoms with Crippen molar-refractivity contribution < 1.29 is 5.11 Å². The Labute approximate surface area is 138 Å². The highest BCUT2D eigenvalue weighted by Crippen LogP contribution is 2.21. The molecule has 0 fully saturated rings. The third kappa shape index (κ3) is 3.29. The first kappa shape index (κ1) is 15.3. The van der Waals surface area contributed by atoms with Gasteiger partial charge in [-0.05, 0) is 30.2 Å². The number of aliphatic hydroxyl groups excluding tert-OH is 1. The molecule has 23 heavy (non-hydrogen) atoms. The molecule has 3 aromatic rings. The molecule has 116 valence electrons. The number of aromatic nitrogens is 2. The smallest absolute Gasteiger partial charge is 0.161 e. The standard InChI is InChI=1S/C17H15ClN4O/c18-14-5-6-17(22-16(14)8-19)21-12(10-23)7-11-9-20-15-4-2-1-3-13(11)15/h1-6,9,12,20,23H,7,10H2,(H,21,22)/t12-/m1/s1. The number of aliphatic hydroxyl groups is 1. The third-order valence-corrected chi connectivity index (χ3v) is 3.97. The van der Waals surface area contributed by atoms with Gasteiger partial charge in [-0.3, -0.25) is 0 Å². The molecule has 2 aromatic heterocycles. The van der Waals surface area contributed by atoms with E-state index in [2.05, 4.69) is 15.3 Å². The highest BCUT2D eigenvalue weighted by atomic mass is 35.5. The van der Waals surface area contributed by atoms with Crippen LogP contribution in [0, 0.1) is 11.3 Å². The average molecular weight is 327 g/mol. The van der Waals surface area contributed by atoms with Crippen molar-refractivity contribution in [3.63, 3.8) is 0 Å². The summed E-state index contributed by atoms with van der Waals surface area (Å²) in [7, 11) is 0. The van der Waals surface area contributed by atoms with Gasteiger partial charge in [-0.1, -0.05) is 29.8 Å². The maximum Gasteiger partial charge on any atom is 0.161 e. The molecule has 0 unspecified atom stereocenters. The number of nitrogens with one attached hydrogen (secondary N) is 2. The minimum Gasteiger partial charge on any atom is -0.394 e. The van der Waals surface area contributed by atoms with Crippen molar-refractivity contribution in [1.29, 1.82) is 5.26 Å². The van der Waals surface area contributed by atoms with Crippen molar-refractivity contribution in [2.75, 3.05) is 11.9 Å². The zero-order valence-corrected chi connectivity index (χ0v) is 13.0. The van der Waals surface area contributed by atoms with Crippen LogP contribution in [0.3, 0.4) is 0 Å². The monoisotopic (exact) mass is 326 g/mol. The third-order valence-electron chi connectivity index (χ3n) is 3.67. The van der Waals surface area contributed by atoms with Crippen LogP contribution in [0.15, 0.2) is 42.6 Å². The second-order valence-corrected chi connectivity index (χ2v) is 5.63. The van der Waals surface area contributed by atoms with Crippen molar-refractivity contribution in [2.24, 2.45) is 0 Å². The van der Waals surface area contributed by atoms with Crippen molar-refractivity contribution >= 4 is 28.3 Å². The van der Waals surface area contributed by atoms with Gasteiger partial charge in [0.2, 0.25) is 0 Å². The van der Waals surface area contributed by atoms with Crippen molar-refractivity contribution in [2.45, 2.75) is 12.5 Å². The molecule has 0 bridgehead atoms. The van der Waals surface area contributed by atoms with Crippen LogP contribution in [0.4, 0.5) is 5.82 Å². The van der Waals surface area contributed by atoms with Crippen LogP contribution in [0.2, 0.25) is 5.02 Å². The first-order chi connectivity index (χ1) is 11.2. The molecule has 1 atom stereocenters. The summed E-state index contributed by atoms with van der Waals surface area (Å²) in [5.41, 5.74) is 2.35. The topological polar surface area (TPSA) is 84.7 Å². The lowest BCUT2D eigenvalue weighted by atomic mass is 10.1. The van der Waals surface area contributed by atoms with Gasteiger partial charge in [0.05, 0.1) is 17.7 Å². The molecule has 6 heteroatoms. The molecule has 5 nitrogen and oxygen atoms in total. The van der Waals surface area contributed by atoms with E-state index in [-0.39, 0.29) is 18.3 Å². The Kier molecular flexibility index (Phi) is 4.47. The molecule has 0 aliphatic heterocycles. The van der Waals surface area contributed by atoms with Crippen LogP contribution in [0.1, 0.15) is 11.3 Å². The Morgan fingerprint density at radius 1 is 1.30 bits per heavy atom. The number of fused-ring (bicyclic) bond motifs is 1. The second-order valence-electron chi connectivity index (χ2n) is 5.23. The molecule has 0 saturated heterocycles. The Morgan fingerprint density at radius 3 is 2.91 bits per heavy atom. The van der Waals surface area contributed by atoms with Crippen LogP contribution in [-0.2, 0) is 6.42 Å². The number of rotatable bonds is 5. The quantitative estimate of drug-likeness (QED) is 0.672. The molecular formula is C17H15ClN4O. The predicted octanol–water partition coefficient (Wildman–Crippen LogP) is 3.10. The van der Waals surface area contributed by atoms with Crippen LogP contribution < -0.4 is 5.32 Å². The van der Waals surface area contributed by atoms with E-state index >= 15 is 0 Å². The number of aromatic amines is 1.